The number of hydrogen-bond donors (Lipinski definition) is 1. The number of anilines is 2. The molecule has 0 atom stereocenters. The maximum absolute atomic E-state index is 13.4. The summed E-state index contributed by atoms with van der Waals surface area (Å²) in [6, 6.07) is 18.8. The van der Waals surface area contributed by atoms with Gasteiger partial charge in [-0.05, 0) is 42.5 Å². The lowest BCUT2D eigenvalue weighted by molar-refractivity contribution is 0.0989. The summed E-state index contributed by atoms with van der Waals surface area (Å²) < 4.78 is 11.4. The average molecular weight is 401 g/mol. The van der Waals surface area contributed by atoms with E-state index in [-0.39, 0.29) is 5.91 Å². The van der Waals surface area contributed by atoms with Crippen LogP contribution in [0.15, 0.2) is 65.7 Å². The number of rotatable bonds is 6. The molecule has 6 heteroatoms. The Morgan fingerprint density at radius 2 is 1.93 bits per heavy atom. The van der Waals surface area contributed by atoms with E-state index in [0.29, 0.717) is 41.6 Å². The summed E-state index contributed by atoms with van der Waals surface area (Å²) >= 11 is 0. The Labute approximate surface area is 175 Å². The number of hydrogen-bond acceptors (Lipinski definition) is 5. The fourth-order valence-electron chi connectivity index (χ4n) is 3.61. The number of amides is 1. The van der Waals surface area contributed by atoms with E-state index in [1.165, 1.54) is 0 Å². The number of nitrogens with zero attached hydrogens (tertiary/aromatic N) is 2. The van der Waals surface area contributed by atoms with E-state index < -0.39 is 0 Å². The number of aliphatic imine (C=N–C) groups is 1. The number of nitrogen functional groups attached to an aromatic ring is 1. The number of benzene rings is 3. The van der Waals surface area contributed by atoms with Crippen LogP contribution >= 0.6 is 0 Å². The lowest BCUT2D eigenvalue weighted by Crippen LogP contribution is -2.29. The molecule has 0 spiro atoms. The molecule has 0 aromatic heterocycles. The Morgan fingerprint density at radius 3 is 2.67 bits per heavy atom. The number of carbonyl (C=O) groups is 1. The van der Waals surface area contributed by atoms with Crippen molar-refractivity contribution in [1.29, 1.82) is 0 Å². The van der Waals surface area contributed by atoms with Gasteiger partial charge >= 0.3 is 0 Å². The van der Waals surface area contributed by atoms with Gasteiger partial charge in [0, 0.05) is 24.0 Å². The minimum atomic E-state index is -0.172. The molecule has 3 aromatic carbocycles. The molecule has 1 heterocycles. The van der Waals surface area contributed by atoms with Gasteiger partial charge in [0.25, 0.3) is 5.91 Å². The third kappa shape index (κ3) is 3.72. The molecule has 3 aromatic rings. The van der Waals surface area contributed by atoms with Crippen molar-refractivity contribution in [2.45, 2.75) is 13.0 Å². The first kappa shape index (κ1) is 19.5. The summed E-state index contributed by atoms with van der Waals surface area (Å²) in [4.78, 5) is 19.2. The molecule has 0 saturated heterocycles. The Bertz CT molecular complexity index is 1100. The maximum atomic E-state index is 13.4. The van der Waals surface area contributed by atoms with Crippen LogP contribution in [-0.2, 0) is 13.0 Å². The fraction of sp³-hybridized carbons (Fsp3) is 0.167. The fourth-order valence-corrected chi connectivity index (χ4v) is 3.61. The number of carbonyl (C=O) groups excluding carboxylic acids is 1. The summed E-state index contributed by atoms with van der Waals surface area (Å²) in [6.45, 7) is 4.60. The summed E-state index contributed by atoms with van der Waals surface area (Å²) in [5.41, 5.74) is 10.4. The minimum Gasteiger partial charge on any atom is -0.493 e. The van der Waals surface area contributed by atoms with Crippen LogP contribution in [0.3, 0.4) is 0 Å². The largest absolute Gasteiger partial charge is 0.493 e. The van der Waals surface area contributed by atoms with E-state index in [1.54, 1.807) is 24.1 Å². The molecule has 0 aliphatic carbocycles. The van der Waals surface area contributed by atoms with E-state index >= 15 is 0 Å². The van der Waals surface area contributed by atoms with Crippen LogP contribution in [-0.4, -0.2) is 26.3 Å². The van der Waals surface area contributed by atoms with Crippen molar-refractivity contribution < 1.29 is 14.3 Å². The highest BCUT2D eigenvalue weighted by molar-refractivity contribution is 6.11. The van der Waals surface area contributed by atoms with Gasteiger partial charge in [0.1, 0.15) is 6.61 Å². The quantitative estimate of drug-likeness (QED) is 0.491. The number of fused-ring (bicyclic) bond motifs is 1. The van der Waals surface area contributed by atoms with Gasteiger partial charge in [-0.15, -0.1) is 0 Å². The molecule has 1 aliphatic rings. The molecular formula is C24H23N3O3. The molecule has 6 nitrogen and oxygen atoms in total. The second-order valence-corrected chi connectivity index (χ2v) is 7.05. The summed E-state index contributed by atoms with van der Waals surface area (Å²) in [7, 11) is 1.55. The standard InChI is InChI=1S/C24H23N3O3/c1-26-20-14-23(30-15-16-6-4-3-5-7-16)22(29-2)13-19(20)24(28)27-11-10-17-8-9-18(25)12-21(17)27/h3-9,12-14H,1,10-11,15,25H2,2H3. The molecule has 0 fully saturated rings. The molecule has 1 aliphatic heterocycles. The molecule has 4 rings (SSSR count). The zero-order valence-corrected chi connectivity index (χ0v) is 16.8. The van der Waals surface area contributed by atoms with Crippen LogP contribution in [0.5, 0.6) is 11.5 Å². The predicted molar refractivity (Wildman–Crippen MR) is 119 cm³/mol. The lowest BCUT2D eigenvalue weighted by atomic mass is 10.1. The van der Waals surface area contributed by atoms with Crippen molar-refractivity contribution >= 4 is 29.7 Å². The van der Waals surface area contributed by atoms with Crippen molar-refractivity contribution in [2.75, 3.05) is 24.3 Å². The lowest BCUT2D eigenvalue weighted by Gasteiger charge is -2.20. The summed E-state index contributed by atoms with van der Waals surface area (Å²) in [5.74, 6) is 0.801. The van der Waals surface area contributed by atoms with Crippen LogP contribution in [0.25, 0.3) is 0 Å². The Hall–Kier alpha value is -3.80. The average Bonchev–Trinajstić information content (AvgIpc) is 3.20. The van der Waals surface area contributed by atoms with Crippen molar-refractivity contribution in [1.82, 2.24) is 0 Å². The van der Waals surface area contributed by atoms with Crippen LogP contribution in [0, 0.1) is 0 Å². The number of nitrogens with two attached hydrogens (primary N) is 1. The van der Waals surface area contributed by atoms with Gasteiger partial charge in [-0.3, -0.25) is 9.79 Å². The molecular weight excluding hydrogens is 378 g/mol. The van der Waals surface area contributed by atoms with Gasteiger partial charge in [0.05, 0.1) is 18.4 Å². The number of methoxy groups -OCH3 is 1. The van der Waals surface area contributed by atoms with Crippen LogP contribution < -0.4 is 20.1 Å². The Kier molecular flexibility index (Phi) is 5.39. The third-order valence-corrected chi connectivity index (χ3v) is 5.17. The monoisotopic (exact) mass is 401 g/mol. The molecule has 0 radical (unpaired) electrons. The van der Waals surface area contributed by atoms with Crippen molar-refractivity contribution in [3.05, 3.63) is 77.4 Å². The van der Waals surface area contributed by atoms with E-state index in [0.717, 1.165) is 23.2 Å². The van der Waals surface area contributed by atoms with Gasteiger partial charge in [-0.2, -0.15) is 0 Å². The van der Waals surface area contributed by atoms with Gasteiger partial charge in [-0.1, -0.05) is 36.4 Å². The first-order valence-corrected chi connectivity index (χ1v) is 9.66. The van der Waals surface area contributed by atoms with Gasteiger partial charge < -0.3 is 20.1 Å². The van der Waals surface area contributed by atoms with Crippen molar-refractivity contribution in [2.24, 2.45) is 4.99 Å². The highest BCUT2D eigenvalue weighted by Gasteiger charge is 2.28. The molecule has 0 bridgehead atoms. The van der Waals surface area contributed by atoms with Gasteiger partial charge in [0.15, 0.2) is 11.5 Å². The van der Waals surface area contributed by atoms with Gasteiger partial charge in [0.2, 0.25) is 0 Å². The van der Waals surface area contributed by atoms with Crippen molar-refractivity contribution in [3.63, 3.8) is 0 Å². The summed E-state index contributed by atoms with van der Waals surface area (Å²) in [5, 5.41) is 0. The van der Waals surface area contributed by atoms with E-state index in [2.05, 4.69) is 11.7 Å². The zero-order valence-electron chi connectivity index (χ0n) is 16.8. The Balaban J connectivity index is 1.65. The highest BCUT2D eigenvalue weighted by Crippen LogP contribution is 2.38. The smallest absolute Gasteiger partial charge is 0.260 e. The molecule has 2 N–H and O–H groups in total. The first-order chi connectivity index (χ1) is 14.6. The van der Waals surface area contributed by atoms with Crippen LogP contribution in [0.2, 0.25) is 0 Å². The second kappa shape index (κ2) is 8.29. The second-order valence-electron chi connectivity index (χ2n) is 7.05. The van der Waals surface area contributed by atoms with Crippen LogP contribution in [0.1, 0.15) is 21.5 Å². The molecule has 0 unspecified atom stereocenters. The Morgan fingerprint density at radius 1 is 1.13 bits per heavy atom. The van der Waals surface area contributed by atoms with Crippen molar-refractivity contribution in [3.8, 4) is 11.5 Å². The molecule has 30 heavy (non-hydrogen) atoms. The van der Waals surface area contributed by atoms with Gasteiger partial charge in [-0.25, -0.2) is 0 Å². The highest BCUT2D eigenvalue weighted by atomic mass is 16.5. The third-order valence-electron chi connectivity index (χ3n) is 5.17. The minimum absolute atomic E-state index is 0.172. The molecule has 152 valence electrons. The van der Waals surface area contributed by atoms with Crippen LogP contribution in [0.4, 0.5) is 17.1 Å². The summed E-state index contributed by atoms with van der Waals surface area (Å²) in [6.07, 6.45) is 0.785. The SMILES string of the molecule is C=Nc1cc(OCc2ccccc2)c(OC)cc1C(=O)N1CCc2ccc(N)cc21. The van der Waals surface area contributed by atoms with E-state index in [4.69, 9.17) is 15.2 Å². The topological polar surface area (TPSA) is 77.2 Å². The van der Waals surface area contributed by atoms with E-state index in [1.807, 2.05) is 48.5 Å². The zero-order chi connectivity index (χ0) is 21.1. The number of ether oxygens (including phenoxy) is 2. The molecule has 0 saturated carbocycles. The first-order valence-electron chi connectivity index (χ1n) is 9.66. The maximum Gasteiger partial charge on any atom is 0.260 e. The molecule has 1 amide bonds. The van der Waals surface area contributed by atoms with E-state index in [9.17, 15) is 4.79 Å². The normalized spacial score (nSPS) is 12.4. The predicted octanol–water partition coefficient (Wildman–Crippen LogP) is 4.39.